The SMILES string of the molecule is CC(CS(C)(=O)=O)NC(=O)c1sc2ccc(F)cc2c1N. The minimum atomic E-state index is -3.18. The van der Waals surface area contributed by atoms with Gasteiger partial charge in [-0.3, -0.25) is 4.79 Å². The number of nitrogen functional groups attached to an aromatic ring is 1. The van der Waals surface area contributed by atoms with E-state index in [-0.39, 0.29) is 16.3 Å². The molecule has 0 aliphatic rings. The lowest BCUT2D eigenvalue weighted by Crippen LogP contribution is -2.37. The van der Waals surface area contributed by atoms with Crippen molar-refractivity contribution in [3.05, 3.63) is 28.9 Å². The molecule has 1 aromatic heterocycles. The number of hydrogen-bond donors (Lipinski definition) is 2. The summed E-state index contributed by atoms with van der Waals surface area (Å²) in [5.74, 6) is -1.03. The summed E-state index contributed by atoms with van der Waals surface area (Å²) in [6, 6.07) is 3.60. The fourth-order valence-electron chi connectivity index (χ4n) is 2.04. The van der Waals surface area contributed by atoms with Gasteiger partial charge in [0, 0.05) is 22.4 Å². The molecule has 2 aromatic rings. The molecule has 3 N–H and O–H groups in total. The molecule has 5 nitrogen and oxygen atoms in total. The number of thiophene rings is 1. The maximum Gasteiger partial charge on any atom is 0.263 e. The Bertz CT molecular complexity index is 799. The average Bonchev–Trinajstić information content (AvgIpc) is 2.64. The summed E-state index contributed by atoms with van der Waals surface area (Å²) in [4.78, 5) is 12.4. The first-order valence-electron chi connectivity index (χ1n) is 6.13. The van der Waals surface area contributed by atoms with Gasteiger partial charge in [0.15, 0.2) is 0 Å². The third-order valence-corrected chi connectivity index (χ3v) is 5.12. The zero-order valence-electron chi connectivity index (χ0n) is 11.5. The molecular formula is C13H15FN2O3S2. The molecule has 0 fully saturated rings. The van der Waals surface area contributed by atoms with Crippen LogP contribution in [0.15, 0.2) is 18.2 Å². The van der Waals surface area contributed by atoms with Gasteiger partial charge in [-0.1, -0.05) is 0 Å². The van der Waals surface area contributed by atoms with Crippen molar-refractivity contribution in [2.45, 2.75) is 13.0 Å². The van der Waals surface area contributed by atoms with Gasteiger partial charge >= 0.3 is 0 Å². The summed E-state index contributed by atoms with van der Waals surface area (Å²) in [5, 5.41) is 3.07. The quantitative estimate of drug-likeness (QED) is 0.894. The molecule has 1 aromatic carbocycles. The summed E-state index contributed by atoms with van der Waals surface area (Å²) in [5.41, 5.74) is 6.08. The van der Waals surface area contributed by atoms with Crippen LogP contribution < -0.4 is 11.1 Å². The van der Waals surface area contributed by atoms with Gasteiger partial charge in [-0.2, -0.15) is 0 Å². The van der Waals surface area contributed by atoms with Crippen LogP contribution in [0.3, 0.4) is 0 Å². The number of nitrogens with two attached hydrogens (primary N) is 1. The Morgan fingerprint density at radius 1 is 1.48 bits per heavy atom. The molecule has 21 heavy (non-hydrogen) atoms. The number of halogens is 1. The van der Waals surface area contributed by atoms with E-state index in [1.54, 1.807) is 13.0 Å². The number of sulfone groups is 1. The molecule has 114 valence electrons. The zero-order chi connectivity index (χ0) is 15.8. The maximum atomic E-state index is 13.2. The molecular weight excluding hydrogens is 315 g/mol. The van der Waals surface area contributed by atoms with E-state index >= 15 is 0 Å². The fourth-order valence-corrected chi connectivity index (χ4v) is 4.04. The van der Waals surface area contributed by atoms with E-state index in [1.165, 1.54) is 12.1 Å². The van der Waals surface area contributed by atoms with Gasteiger partial charge in [0.05, 0.1) is 11.4 Å². The van der Waals surface area contributed by atoms with Gasteiger partial charge in [-0.05, 0) is 25.1 Å². The Morgan fingerprint density at radius 2 is 2.14 bits per heavy atom. The summed E-state index contributed by atoms with van der Waals surface area (Å²) in [7, 11) is -3.18. The second-order valence-corrected chi connectivity index (χ2v) is 8.19. The van der Waals surface area contributed by atoms with Crippen LogP contribution in [0.4, 0.5) is 10.1 Å². The van der Waals surface area contributed by atoms with E-state index in [2.05, 4.69) is 5.32 Å². The van der Waals surface area contributed by atoms with Gasteiger partial charge in [0.1, 0.15) is 20.5 Å². The number of nitrogens with one attached hydrogen (secondary N) is 1. The highest BCUT2D eigenvalue weighted by Crippen LogP contribution is 2.33. The normalized spacial score (nSPS) is 13.3. The van der Waals surface area contributed by atoms with Gasteiger partial charge in [-0.15, -0.1) is 11.3 Å². The predicted molar refractivity (Wildman–Crippen MR) is 82.8 cm³/mol. The molecule has 0 bridgehead atoms. The lowest BCUT2D eigenvalue weighted by molar-refractivity contribution is 0.0948. The molecule has 0 saturated carbocycles. The first-order chi connectivity index (χ1) is 9.67. The van der Waals surface area contributed by atoms with E-state index in [1.807, 2.05) is 0 Å². The number of rotatable bonds is 4. The monoisotopic (exact) mass is 330 g/mol. The first kappa shape index (κ1) is 15.7. The van der Waals surface area contributed by atoms with Crippen molar-refractivity contribution in [1.82, 2.24) is 5.32 Å². The molecule has 1 amide bonds. The van der Waals surface area contributed by atoms with Crippen LogP contribution in [0.5, 0.6) is 0 Å². The second kappa shape index (κ2) is 5.61. The average molecular weight is 330 g/mol. The number of fused-ring (bicyclic) bond motifs is 1. The number of hydrogen-bond acceptors (Lipinski definition) is 5. The summed E-state index contributed by atoms with van der Waals surface area (Å²) < 4.78 is 36.3. The minimum absolute atomic E-state index is 0.155. The molecule has 8 heteroatoms. The maximum absolute atomic E-state index is 13.2. The van der Waals surface area contributed by atoms with Crippen molar-refractivity contribution in [2.24, 2.45) is 0 Å². The number of anilines is 1. The molecule has 0 aliphatic heterocycles. The Morgan fingerprint density at radius 3 is 2.76 bits per heavy atom. The van der Waals surface area contributed by atoms with Crippen molar-refractivity contribution in [3.8, 4) is 0 Å². The van der Waals surface area contributed by atoms with Crippen LogP contribution in [-0.4, -0.2) is 32.4 Å². The zero-order valence-corrected chi connectivity index (χ0v) is 13.1. The lowest BCUT2D eigenvalue weighted by Gasteiger charge is -2.12. The van der Waals surface area contributed by atoms with E-state index in [0.717, 1.165) is 17.6 Å². The highest BCUT2D eigenvalue weighted by Gasteiger charge is 2.19. The van der Waals surface area contributed by atoms with Gasteiger partial charge in [-0.25, -0.2) is 12.8 Å². The van der Waals surface area contributed by atoms with Crippen LogP contribution >= 0.6 is 11.3 Å². The van der Waals surface area contributed by atoms with E-state index < -0.39 is 27.6 Å². The molecule has 1 atom stereocenters. The lowest BCUT2D eigenvalue weighted by atomic mass is 10.2. The third kappa shape index (κ3) is 3.70. The van der Waals surface area contributed by atoms with E-state index in [9.17, 15) is 17.6 Å². The second-order valence-electron chi connectivity index (χ2n) is 4.95. The van der Waals surface area contributed by atoms with Gasteiger partial charge < -0.3 is 11.1 Å². The van der Waals surface area contributed by atoms with Crippen LogP contribution in [-0.2, 0) is 9.84 Å². The molecule has 2 rings (SSSR count). The topological polar surface area (TPSA) is 89.3 Å². The molecule has 0 aliphatic carbocycles. The van der Waals surface area contributed by atoms with Crippen LogP contribution in [0.1, 0.15) is 16.6 Å². The Balaban J connectivity index is 2.26. The van der Waals surface area contributed by atoms with Crippen molar-refractivity contribution >= 4 is 42.9 Å². The molecule has 0 spiro atoms. The van der Waals surface area contributed by atoms with Gasteiger partial charge in [0.25, 0.3) is 5.91 Å². The number of carbonyl (C=O) groups is 1. The van der Waals surface area contributed by atoms with Crippen molar-refractivity contribution in [2.75, 3.05) is 17.7 Å². The highest BCUT2D eigenvalue weighted by atomic mass is 32.2. The number of benzene rings is 1. The molecule has 1 unspecified atom stereocenters. The smallest absolute Gasteiger partial charge is 0.263 e. The van der Waals surface area contributed by atoms with Crippen molar-refractivity contribution < 1.29 is 17.6 Å². The molecule has 1 heterocycles. The van der Waals surface area contributed by atoms with Gasteiger partial charge in [0.2, 0.25) is 0 Å². The Labute approximate surface area is 125 Å². The Hall–Kier alpha value is -1.67. The first-order valence-corrected chi connectivity index (χ1v) is 9.01. The fraction of sp³-hybridized carbons (Fsp3) is 0.308. The predicted octanol–water partition coefficient (Wildman–Crippen LogP) is 1.79. The Kier molecular flexibility index (Phi) is 4.20. The van der Waals surface area contributed by atoms with Crippen LogP contribution in [0, 0.1) is 5.82 Å². The standard InChI is InChI=1S/C13H15FN2O3S2/c1-7(6-21(2,18)19)16-13(17)12-11(15)9-5-8(14)3-4-10(9)20-12/h3-5,7H,6,15H2,1-2H3,(H,16,17). The van der Waals surface area contributed by atoms with Crippen LogP contribution in [0.2, 0.25) is 0 Å². The van der Waals surface area contributed by atoms with Crippen LogP contribution in [0.25, 0.3) is 10.1 Å². The van der Waals surface area contributed by atoms with Crippen molar-refractivity contribution in [1.29, 1.82) is 0 Å². The molecule has 0 saturated heterocycles. The third-order valence-electron chi connectivity index (χ3n) is 2.82. The molecule has 0 radical (unpaired) electrons. The largest absolute Gasteiger partial charge is 0.397 e. The minimum Gasteiger partial charge on any atom is -0.397 e. The highest BCUT2D eigenvalue weighted by molar-refractivity contribution is 7.90. The summed E-state index contributed by atoms with van der Waals surface area (Å²) in [6.45, 7) is 1.60. The van der Waals surface area contributed by atoms with Crippen molar-refractivity contribution in [3.63, 3.8) is 0 Å². The van der Waals surface area contributed by atoms with E-state index in [0.29, 0.717) is 10.1 Å². The summed E-state index contributed by atoms with van der Waals surface area (Å²) >= 11 is 1.15. The number of carbonyl (C=O) groups excluding carboxylic acids is 1. The number of amides is 1. The summed E-state index contributed by atoms with van der Waals surface area (Å²) in [6.07, 6.45) is 1.10. The van der Waals surface area contributed by atoms with E-state index in [4.69, 9.17) is 5.73 Å².